The number of likely N-dealkylation sites (tertiary alicyclic amines) is 1. The molecular weight excluding hydrogens is 529 g/mol. The maximum Gasteiger partial charge on any atom is 0.433 e. The van der Waals surface area contributed by atoms with Crippen molar-refractivity contribution >= 4 is 27.5 Å². The summed E-state index contributed by atoms with van der Waals surface area (Å²) < 4.78 is 54.1. The number of aryl methyl sites for hydroxylation is 1. The number of thiophene rings is 1. The van der Waals surface area contributed by atoms with Crippen molar-refractivity contribution in [3.63, 3.8) is 0 Å². The van der Waals surface area contributed by atoms with Crippen LogP contribution in [0.5, 0.6) is 0 Å². The fourth-order valence-electron chi connectivity index (χ4n) is 6.59. The van der Waals surface area contributed by atoms with E-state index >= 15 is 0 Å². The molecule has 5 atom stereocenters. The van der Waals surface area contributed by atoms with Crippen LogP contribution in [-0.4, -0.2) is 58.9 Å². The first-order valence-electron chi connectivity index (χ1n) is 13.3. The van der Waals surface area contributed by atoms with E-state index in [1.807, 2.05) is 11.0 Å². The molecular formula is C28H29F3N4O3S. The molecule has 206 valence electrons. The van der Waals surface area contributed by atoms with E-state index in [1.165, 1.54) is 11.3 Å². The lowest BCUT2D eigenvalue weighted by atomic mass is 9.95. The van der Waals surface area contributed by atoms with Gasteiger partial charge in [0.25, 0.3) is 0 Å². The lowest BCUT2D eigenvalue weighted by Gasteiger charge is -2.25. The second-order valence-electron chi connectivity index (χ2n) is 11.6. The van der Waals surface area contributed by atoms with Crippen molar-refractivity contribution < 1.29 is 27.4 Å². The Bertz CT molecular complexity index is 1480. The Hall–Kier alpha value is -2.60. The van der Waals surface area contributed by atoms with Crippen molar-refractivity contribution in [2.75, 3.05) is 19.7 Å². The van der Waals surface area contributed by atoms with Crippen LogP contribution in [0.4, 0.5) is 13.2 Å². The molecule has 0 bridgehead atoms. The number of ether oxygens (including phenoxy) is 2. The summed E-state index contributed by atoms with van der Waals surface area (Å²) in [5.74, 6) is 0.396. The van der Waals surface area contributed by atoms with Crippen LogP contribution in [-0.2, 0) is 33.4 Å². The number of hydrogen-bond donors (Lipinski definition) is 1. The van der Waals surface area contributed by atoms with Gasteiger partial charge in [-0.15, -0.1) is 11.3 Å². The SMILES string of the molecule is Cc1cc(C(F)(F)F)nc(-c2ccnc3cc(CN4C(=O)C5C(C6OC64)C5(C)C)sc23)c1CC1CNCCO1. The Kier molecular flexibility index (Phi) is 5.66. The fourth-order valence-corrected chi connectivity index (χ4v) is 7.71. The molecule has 4 fully saturated rings. The van der Waals surface area contributed by atoms with Gasteiger partial charge in [-0.25, -0.2) is 4.98 Å². The summed E-state index contributed by atoms with van der Waals surface area (Å²) in [6, 6.07) is 4.78. The van der Waals surface area contributed by atoms with Gasteiger partial charge >= 0.3 is 6.18 Å². The third kappa shape index (κ3) is 4.16. The number of rotatable bonds is 5. The van der Waals surface area contributed by atoms with E-state index < -0.39 is 11.9 Å². The summed E-state index contributed by atoms with van der Waals surface area (Å²) in [4.78, 5) is 24.6. The number of hydrogen-bond acceptors (Lipinski definition) is 7. The van der Waals surface area contributed by atoms with Crippen LogP contribution in [0.3, 0.4) is 0 Å². The first kappa shape index (κ1) is 25.4. The minimum atomic E-state index is -4.57. The summed E-state index contributed by atoms with van der Waals surface area (Å²) in [7, 11) is 0. The second-order valence-corrected chi connectivity index (χ2v) is 12.8. The molecule has 11 heteroatoms. The van der Waals surface area contributed by atoms with Crippen molar-refractivity contribution in [3.8, 4) is 11.3 Å². The Morgan fingerprint density at radius 2 is 2.10 bits per heavy atom. The van der Waals surface area contributed by atoms with E-state index in [0.29, 0.717) is 54.4 Å². The molecule has 5 unspecified atom stereocenters. The molecule has 6 heterocycles. The van der Waals surface area contributed by atoms with Gasteiger partial charge in [0.1, 0.15) is 11.8 Å². The van der Waals surface area contributed by atoms with Gasteiger partial charge in [-0.05, 0) is 41.7 Å². The van der Waals surface area contributed by atoms with Gasteiger partial charge in [-0.1, -0.05) is 13.8 Å². The molecule has 4 aliphatic rings. The summed E-state index contributed by atoms with van der Waals surface area (Å²) in [5, 5.41) is 3.29. The molecule has 39 heavy (non-hydrogen) atoms. The highest BCUT2D eigenvalue weighted by atomic mass is 32.1. The molecule has 3 aliphatic heterocycles. The lowest BCUT2D eigenvalue weighted by molar-refractivity contribution is -0.141. The zero-order valence-corrected chi connectivity index (χ0v) is 22.7. The Morgan fingerprint density at radius 1 is 1.28 bits per heavy atom. The minimum absolute atomic E-state index is 0.0133. The number of pyridine rings is 2. The molecule has 1 aliphatic carbocycles. The number of alkyl halides is 3. The normalized spacial score (nSPS) is 29.3. The minimum Gasteiger partial charge on any atom is -0.375 e. The Balaban J connectivity index is 1.27. The topological polar surface area (TPSA) is 79.9 Å². The van der Waals surface area contributed by atoms with E-state index in [1.54, 1.807) is 19.2 Å². The Morgan fingerprint density at radius 3 is 2.85 bits per heavy atom. The van der Waals surface area contributed by atoms with Gasteiger partial charge in [-0.3, -0.25) is 9.78 Å². The molecule has 7 rings (SSSR count). The van der Waals surface area contributed by atoms with Crippen LogP contribution >= 0.6 is 11.3 Å². The summed E-state index contributed by atoms with van der Waals surface area (Å²) in [6.07, 6.45) is -2.76. The second kappa shape index (κ2) is 8.70. The predicted octanol–water partition coefficient (Wildman–Crippen LogP) is 4.56. The van der Waals surface area contributed by atoms with Crippen molar-refractivity contribution in [3.05, 3.63) is 46.1 Å². The van der Waals surface area contributed by atoms with E-state index in [4.69, 9.17) is 9.47 Å². The first-order valence-corrected chi connectivity index (χ1v) is 14.1. The summed E-state index contributed by atoms with van der Waals surface area (Å²) in [5.41, 5.74) is 1.90. The standard InChI is InChI=1S/C28H29F3N4O3S/c1-13-8-19(28(29,30)31)34-22(17(13)9-14-11-32-6-7-37-14)16-4-5-33-18-10-15(39-24(16)18)12-35-25(36)21-20(27(21,2)3)23-26(35)38-23/h4-5,8,10,14,20-21,23,26,32H,6-7,9,11-12H2,1-3H3. The van der Waals surface area contributed by atoms with Gasteiger partial charge in [0, 0.05) is 48.0 Å². The predicted molar refractivity (Wildman–Crippen MR) is 139 cm³/mol. The maximum atomic E-state index is 13.8. The maximum absolute atomic E-state index is 13.8. The highest BCUT2D eigenvalue weighted by molar-refractivity contribution is 7.19. The molecule has 3 aromatic rings. The van der Waals surface area contributed by atoms with Gasteiger partial charge in [0.05, 0.1) is 35.2 Å². The van der Waals surface area contributed by atoms with E-state index in [-0.39, 0.29) is 35.7 Å². The highest BCUT2D eigenvalue weighted by Crippen LogP contribution is 2.68. The smallest absolute Gasteiger partial charge is 0.375 e. The average molecular weight is 559 g/mol. The van der Waals surface area contributed by atoms with Crippen LogP contribution < -0.4 is 5.32 Å². The molecule has 1 saturated carbocycles. The number of piperidine rings is 1. The van der Waals surface area contributed by atoms with Gasteiger partial charge in [0.15, 0.2) is 6.23 Å². The molecule has 3 aromatic heterocycles. The number of halogens is 3. The summed E-state index contributed by atoms with van der Waals surface area (Å²) in [6.45, 7) is 8.26. The Labute approximate surface area is 227 Å². The molecule has 0 spiro atoms. The number of nitrogens with zero attached hydrogens (tertiary/aromatic N) is 3. The number of aromatic nitrogens is 2. The molecule has 1 N–H and O–H groups in total. The number of morpholine rings is 1. The number of nitrogens with one attached hydrogen (secondary N) is 1. The van der Waals surface area contributed by atoms with Gasteiger partial charge in [0.2, 0.25) is 5.91 Å². The number of carbonyl (C=O) groups is 1. The number of amides is 1. The monoisotopic (exact) mass is 558 g/mol. The van der Waals surface area contributed by atoms with Crippen molar-refractivity contribution in [2.45, 2.75) is 58.3 Å². The molecule has 7 nitrogen and oxygen atoms in total. The van der Waals surface area contributed by atoms with Crippen LogP contribution in [0, 0.1) is 24.2 Å². The molecule has 3 saturated heterocycles. The molecule has 0 radical (unpaired) electrons. The largest absolute Gasteiger partial charge is 0.433 e. The zero-order chi connectivity index (χ0) is 27.3. The quantitative estimate of drug-likeness (QED) is 0.463. The molecule has 0 aromatic carbocycles. The van der Waals surface area contributed by atoms with Crippen molar-refractivity contribution in [1.82, 2.24) is 20.2 Å². The van der Waals surface area contributed by atoms with Crippen LogP contribution in [0.15, 0.2) is 24.4 Å². The van der Waals surface area contributed by atoms with E-state index in [9.17, 15) is 18.0 Å². The third-order valence-corrected chi connectivity index (χ3v) is 9.88. The number of fused-ring (bicyclic) bond motifs is 4. The third-order valence-electron chi connectivity index (χ3n) is 8.74. The highest BCUT2D eigenvalue weighted by Gasteiger charge is 2.76. The van der Waals surface area contributed by atoms with Crippen molar-refractivity contribution in [1.29, 1.82) is 0 Å². The average Bonchev–Trinajstić information content (AvgIpc) is 3.73. The number of epoxide rings is 1. The lowest BCUT2D eigenvalue weighted by Crippen LogP contribution is -2.39. The fraction of sp³-hybridized carbons (Fsp3) is 0.536. The molecule has 1 amide bonds. The summed E-state index contributed by atoms with van der Waals surface area (Å²) >= 11 is 1.45. The first-order chi connectivity index (χ1) is 18.5. The van der Waals surface area contributed by atoms with Crippen LogP contribution in [0.2, 0.25) is 0 Å². The number of carbonyl (C=O) groups excluding carboxylic acids is 1. The van der Waals surface area contributed by atoms with Crippen LogP contribution in [0.25, 0.3) is 21.5 Å². The van der Waals surface area contributed by atoms with Gasteiger partial charge in [-0.2, -0.15) is 13.2 Å². The zero-order valence-electron chi connectivity index (χ0n) is 21.8. The van der Waals surface area contributed by atoms with Gasteiger partial charge < -0.3 is 19.7 Å². The van der Waals surface area contributed by atoms with E-state index in [2.05, 4.69) is 29.1 Å². The van der Waals surface area contributed by atoms with Crippen molar-refractivity contribution in [2.24, 2.45) is 17.3 Å². The van der Waals surface area contributed by atoms with E-state index in [0.717, 1.165) is 27.8 Å². The van der Waals surface area contributed by atoms with Crippen LogP contribution in [0.1, 0.15) is 35.5 Å².